The molecule has 5 aromatic rings. The van der Waals surface area contributed by atoms with Crippen molar-refractivity contribution in [1.29, 1.82) is 0 Å². The van der Waals surface area contributed by atoms with E-state index in [0.717, 1.165) is 38.7 Å². The lowest BCUT2D eigenvalue weighted by atomic mass is 10.0. The Balaban J connectivity index is 1.28. The largest absolute Gasteiger partial charge is 0.462 e. The van der Waals surface area contributed by atoms with Crippen LogP contribution in [0.5, 0.6) is 5.75 Å². The molecule has 2 atom stereocenters. The number of benzene rings is 1. The number of aromatic nitrogens is 6. The Hall–Kier alpha value is -4.51. The molecule has 1 amide bonds. The third kappa shape index (κ3) is 3.20. The standard InChI is InChI=1S/C26H24N8O3/c1-13-21-22(33(3)31-13)17-9-18(28-11-19(17)30-24(21)27)25(35)34-6-7-36-26-23(34)16-5-4-14(8-20(16)37-26)15-10-29-32(2)12-15/h4-5,8-12,23,26H,6-7H2,1-3H3,(H2,27,30)/t23-,26+/m0/s1. The second-order valence-corrected chi connectivity index (χ2v) is 9.47. The number of amides is 1. The van der Waals surface area contributed by atoms with Gasteiger partial charge >= 0.3 is 0 Å². The Morgan fingerprint density at radius 1 is 1.16 bits per heavy atom. The maximum atomic E-state index is 13.9. The van der Waals surface area contributed by atoms with E-state index < -0.39 is 6.29 Å². The summed E-state index contributed by atoms with van der Waals surface area (Å²) in [7, 11) is 3.74. The number of nitrogen functional groups attached to an aromatic ring is 1. The van der Waals surface area contributed by atoms with E-state index >= 15 is 0 Å². The predicted molar refractivity (Wildman–Crippen MR) is 136 cm³/mol. The van der Waals surface area contributed by atoms with Crippen molar-refractivity contribution in [3.05, 3.63) is 59.8 Å². The molecule has 2 aliphatic rings. The van der Waals surface area contributed by atoms with Crippen LogP contribution in [-0.4, -0.2) is 59.8 Å². The number of carbonyl (C=O) groups is 1. The monoisotopic (exact) mass is 496 g/mol. The fourth-order valence-corrected chi connectivity index (χ4v) is 5.49. The molecule has 186 valence electrons. The Kier molecular flexibility index (Phi) is 4.55. The summed E-state index contributed by atoms with van der Waals surface area (Å²) in [6, 6.07) is 7.40. The zero-order valence-electron chi connectivity index (χ0n) is 20.5. The molecule has 0 spiro atoms. The average Bonchev–Trinajstić information content (AvgIpc) is 3.57. The molecule has 2 aliphatic heterocycles. The number of hydrogen-bond acceptors (Lipinski definition) is 8. The van der Waals surface area contributed by atoms with E-state index in [1.165, 1.54) is 0 Å². The zero-order chi connectivity index (χ0) is 25.4. The predicted octanol–water partition coefficient (Wildman–Crippen LogP) is 2.74. The molecule has 11 heteroatoms. The van der Waals surface area contributed by atoms with Crippen LogP contribution in [0.25, 0.3) is 32.9 Å². The molecule has 1 aromatic carbocycles. The van der Waals surface area contributed by atoms with Crippen LogP contribution in [0.2, 0.25) is 0 Å². The zero-order valence-corrected chi connectivity index (χ0v) is 20.5. The van der Waals surface area contributed by atoms with Gasteiger partial charge in [-0.25, -0.2) is 9.97 Å². The number of aryl methyl sites for hydroxylation is 3. The lowest BCUT2D eigenvalue weighted by molar-refractivity contribution is -0.140. The topological polar surface area (TPSA) is 126 Å². The van der Waals surface area contributed by atoms with E-state index in [0.29, 0.717) is 35.9 Å². The molecule has 7 rings (SSSR count). The van der Waals surface area contributed by atoms with Crippen molar-refractivity contribution in [2.45, 2.75) is 19.3 Å². The minimum absolute atomic E-state index is 0.197. The Morgan fingerprint density at radius 3 is 2.84 bits per heavy atom. The van der Waals surface area contributed by atoms with Crippen molar-refractivity contribution in [3.63, 3.8) is 0 Å². The number of pyridine rings is 2. The first-order valence-electron chi connectivity index (χ1n) is 12.0. The third-order valence-corrected chi connectivity index (χ3v) is 7.16. The highest BCUT2D eigenvalue weighted by molar-refractivity contribution is 6.10. The number of carbonyl (C=O) groups excluding carboxylic acids is 1. The molecule has 2 N–H and O–H groups in total. The summed E-state index contributed by atoms with van der Waals surface area (Å²) in [5, 5.41) is 10.3. The Bertz CT molecular complexity index is 1740. The van der Waals surface area contributed by atoms with Gasteiger partial charge in [-0.3, -0.25) is 14.2 Å². The van der Waals surface area contributed by atoms with Crippen molar-refractivity contribution < 1.29 is 14.3 Å². The maximum Gasteiger partial charge on any atom is 0.273 e. The molecular formula is C26H24N8O3. The van der Waals surface area contributed by atoms with E-state index in [1.807, 2.05) is 51.6 Å². The van der Waals surface area contributed by atoms with Crippen molar-refractivity contribution >= 4 is 33.5 Å². The van der Waals surface area contributed by atoms with Gasteiger partial charge in [-0.2, -0.15) is 10.2 Å². The molecule has 0 aliphatic carbocycles. The molecule has 0 radical (unpaired) electrons. The van der Waals surface area contributed by atoms with Crippen LogP contribution in [0.3, 0.4) is 0 Å². The van der Waals surface area contributed by atoms with Crippen LogP contribution < -0.4 is 10.5 Å². The maximum absolute atomic E-state index is 13.9. The lowest BCUT2D eigenvalue weighted by Gasteiger charge is -2.36. The fraction of sp³-hybridized carbons (Fsp3) is 0.269. The van der Waals surface area contributed by atoms with Crippen LogP contribution in [0.1, 0.15) is 27.8 Å². The van der Waals surface area contributed by atoms with Crippen LogP contribution in [-0.2, 0) is 18.8 Å². The van der Waals surface area contributed by atoms with Gasteiger partial charge in [-0.1, -0.05) is 12.1 Å². The first-order valence-corrected chi connectivity index (χ1v) is 12.0. The van der Waals surface area contributed by atoms with Crippen molar-refractivity contribution in [2.75, 3.05) is 18.9 Å². The minimum Gasteiger partial charge on any atom is -0.462 e. The van der Waals surface area contributed by atoms with Crippen LogP contribution >= 0.6 is 0 Å². The smallest absolute Gasteiger partial charge is 0.273 e. The van der Waals surface area contributed by atoms with Crippen molar-refractivity contribution in [3.8, 4) is 16.9 Å². The van der Waals surface area contributed by atoms with Crippen LogP contribution in [0, 0.1) is 6.92 Å². The van der Waals surface area contributed by atoms with E-state index in [1.54, 1.807) is 26.5 Å². The van der Waals surface area contributed by atoms with Crippen LogP contribution in [0.4, 0.5) is 5.82 Å². The SMILES string of the molecule is Cc1nn(C)c2c1c(N)nc1cnc(C(=O)N3CCO[C@@H]4Oc5cc(-c6cnn(C)c6)ccc5[C@@H]43)cc12. The number of ether oxygens (including phenoxy) is 2. The molecule has 37 heavy (non-hydrogen) atoms. The van der Waals surface area contributed by atoms with Gasteiger partial charge < -0.3 is 20.1 Å². The number of fused-ring (bicyclic) bond motifs is 6. The van der Waals surface area contributed by atoms with Gasteiger partial charge in [0.2, 0.25) is 6.29 Å². The number of morpholine rings is 1. The van der Waals surface area contributed by atoms with E-state index in [9.17, 15) is 4.79 Å². The molecule has 1 saturated heterocycles. The number of nitrogens with zero attached hydrogens (tertiary/aromatic N) is 7. The highest BCUT2D eigenvalue weighted by Crippen LogP contribution is 2.44. The first kappa shape index (κ1) is 21.7. The number of hydrogen-bond donors (Lipinski definition) is 1. The Morgan fingerprint density at radius 2 is 2.03 bits per heavy atom. The quantitative estimate of drug-likeness (QED) is 0.395. The average molecular weight is 497 g/mol. The normalized spacial score (nSPS) is 18.7. The van der Waals surface area contributed by atoms with Gasteiger partial charge in [0.1, 0.15) is 23.3 Å². The summed E-state index contributed by atoms with van der Waals surface area (Å²) in [5.74, 6) is 0.904. The molecule has 4 aromatic heterocycles. The second-order valence-electron chi connectivity index (χ2n) is 9.47. The van der Waals surface area contributed by atoms with E-state index in [2.05, 4.69) is 20.2 Å². The summed E-state index contributed by atoms with van der Waals surface area (Å²) in [5.41, 5.74) is 11.6. The van der Waals surface area contributed by atoms with Gasteiger partial charge in [-0.15, -0.1) is 0 Å². The number of anilines is 1. The molecule has 0 saturated carbocycles. The Labute approximate surface area is 211 Å². The lowest BCUT2D eigenvalue weighted by Crippen LogP contribution is -2.47. The summed E-state index contributed by atoms with van der Waals surface area (Å²) >= 11 is 0. The minimum atomic E-state index is -0.579. The molecule has 1 fully saturated rings. The molecule has 6 heterocycles. The van der Waals surface area contributed by atoms with Gasteiger partial charge in [-0.05, 0) is 24.6 Å². The van der Waals surface area contributed by atoms with E-state index in [-0.39, 0.29) is 11.9 Å². The van der Waals surface area contributed by atoms with Crippen molar-refractivity contribution in [2.24, 2.45) is 14.1 Å². The summed E-state index contributed by atoms with van der Waals surface area (Å²) in [4.78, 5) is 24.6. The summed E-state index contributed by atoms with van der Waals surface area (Å²) < 4.78 is 15.6. The number of nitrogens with two attached hydrogens (primary N) is 1. The van der Waals surface area contributed by atoms with Gasteiger partial charge in [0, 0.05) is 43.4 Å². The fourth-order valence-electron chi connectivity index (χ4n) is 5.49. The molecule has 0 bridgehead atoms. The van der Waals surface area contributed by atoms with Crippen molar-refractivity contribution in [1.82, 2.24) is 34.4 Å². The van der Waals surface area contributed by atoms with Gasteiger partial charge in [0.25, 0.3) is 5.91 Å². The summed E-state index contributed by atoms with van der Waals surface area (Å²) in [6.45, 7) is 2.69. The third-order valence-electron chi connectivity index (χ3n) is 7.16. The van der Waals surface area contributed by atoms with E-state index in [4.69, 9.17) is 15.2 Å². The second kappa shape index (κ2) is 7.74. The highest BCUT2D eigenvalue weighted by atomic mass is 16.7. The highest BCUT2D eigenvalue weighted by Gasteiger charge is 2.44. The van der Waals surface area contributed by atoms with Gasteiger partial charge in [0.05, 0.1) is 41.1 Å². The summed E-state index contributed by atoms with van der Waals surface area (Å²) in [6.07, 6.45) is 4.78. The molecular weight excluding hydrogens is 472 g/mol. The van der Waals surface area contributed by atoms with Gasteiger partial charge in [0.15, 0.2) is 0 Å². The molecule has 0 unspecified atom stereocenters. The molecule has 11 nitrogen and oxygen atoms in total. The first-order chi connectivity index (χ1) is 17.9. The van der Waals surface area contributed by atoms with Crippen LogP contribution in [0.15, 0.2) is 42.9 Å². The number of rotatable bonds is 2.